The van der Waals surface area contributed by atoms with Crippen LogP contribution in [0, 0.1) is 18.2 Å². The minimum Gasteiger partial charge on any atom is -0.493 e. The summed E-state index contributed by atoms with van der Waals surface area (Å²) in [5, 5.41) is 0. The van der Waals surface area contributed by atoms with E-state index in [4.69, 9.17) is 11.2 Å². The lowest BCUT2D eigenvalue weighted by molar-refractivity contribution is 0.312. The molecule has 0 aromatic heterocycles. The van der Waals surface area contributed by atoms with Gasteiger partial charge in [0.25, 0.3) is 0 Å². The van der Waals surface area contributed by atoms with E-state index in [0.717, 1.165) is 17.7 Å². The van der Waals surface area contributed by atoms with E-state index in [1.807, 2.05) is 13.8 Å². The first-order valence-corrected chi connectivity index (χ1v) is 5.54. The van der Waals surface area contributed by atoms with Crippen molar-refractivity contribution in [3.63, 3.8) is 0 Å². The molecule has 0 saturated heterocycles. The van der Waals surface area contributed by atoms with Gasteiger partial charge in [0.1, 0.15) is 11.6 Å². The van der Waals surface area contributed by atoms with Crippen LogP contribution < -0.4 is 4.74 Å². The van der Waals surface area contributed by atoms with Crippen molar-refractivity contribution >= 4 is 0 Å². The molecule has 0 aliphatic rings. The number of benzene rings is 1. The molecule has 0 radical (unpaired) electrons. The number of hydrogen-bond acceptors (Lipinski definition) is 1. The van der Waals surface area contributed by atoms with E-state index in [1.165, 1.54) is 12.1 Å². The van der Waals surface area contributed by atoms with Gasteiger partial charge in [0.15, 0.2) is 0 Å². The van der Waals surface area contributed by atoms with Gasteiger partial charge in [0.2, 0.25) is 0 Å². The van der Waals surface area contributed by atoms with Crippen LogP contribution in [0.2, 0.25) is 0 Å². The molecule has 0 saturated carbocycles. The molecule has 86 valence electrons. The Bertz CT molecular complexity index is 379. The topological polar surface area (TPSA) is 9.23 Å². The summed E-state index contributed by atoms with van der Waals surface area (Å²) in [5.41, 5.74) is 0.853. The number of rotatable bonds is 5. The molecular formula is C14H17FO. The molecule has 0 spiro atoms. The number of halogens is 1. The van der Waals surface area contributed by atoms with Crippen LogP contribution in [0.4, 0.5) is 4.39 Å². The Morgan fingerprint density at radius 1 is 1.50 bits per heavy atom. The van der Waals surface area contributed by atoms with Crippen LogP contribution in [0.5, 0.6) is 5.75 Å². The first kappa shape index (κ1) is 12.6. The molecule has 0 heterocycles. The van der Waals surface area contributed by atoms with Gasteiger partial charge in [-0.2, -0.15) is 0 Å². The molecule has 1 nitrogen and oxygen atoms in total. The molecule has 1 aromatic carbocycles. The minimum atomic E-state index is -0.247. The maximum Gasteiger partial charge on any atom is 0.123 e. The molecule has 0 amide bonds. The quantitative estimate of drug-likeness (QED) is 0.687. The second-order valence-corrected chi connectivity index (χ2v) is 3.84. The lowest BCUT2D eigenvalue weighted by atomic mass is 9.97. The third-order valence-corrected chi connectivity index (χ3v) is 2.39. The summed E-state index contributed by atoms with van der Waals surface area (Å²) < 4.78 is 18.7. The van der Waals surface area contributed by atoms with E-state index >= 15 is 0 Å². The molecular weight excluding hydrogens is 203 g/mol. The van der Waals surface area contributed by atoms with Gasteiger partial charge in [0.05, 0.1) is 6.61 Å². The first-order chi connectivity index (χ1) is 7.69. The summed E-state index contributed by atoms with van der Waals surface area (Å²) in [6.07, 6.45) is 6.79. The fourth-order valence-corrected chi connectivity index (χ4v) is 1.53. The van der Waals surface area contributed by atoms with Crippen molar-refractivity contribution in [3.05, 3.63) is 29.6 Å². The monoisotopic (exact) mass is 220 g/mol. The molecule has 2 heteroatoms. The summed E-state index contributed by atoms with van der Waals surface area (Å²) in [6.45, 7) is 4.66. The maximum atomic E-state index is 13.2. The molecule has 1 unspecified atom stereocenters. The van der Waals surface area contributed by atoms with E-state index in [9.17, 15) is 4.39 Å². The van der Waals surface area contributed by atoms with Crippen LogP contribution >= 0.6 is 0 Å². The van der Waals surface area contributed by atoms with Gasteiger partial charge in [-0.25, -0.2) is 4.39 Å². The number of terminal acetylenes is 1. The summed E-state index contributed by atoms with van der Waals surface area (Å²) in [7, 11) is 0. The molecule has 1 aromatic rings. The predicted molar refractivity (Wildman–Crippen MR) is 64.1 cm³/mol. The van der Waals surface area contributed by atoms with Crippen LogP contribution in [0.15, 0.2) is 18.2 Å². The van der Waals surface area contributed by atoms with Crippen LogP contribution in [0.3, 0.4) is 0 Å². The Hall–Kier alpha value is -1.49. The smallest absolute Gasteiger partial charge is 0.123 e. The Morgan fingerprint density at radius 3 is 2.88 bits per heavy atom. The highest BCUT2D eigenvalue weighted by atomic mass is 19.1. The summed E-state index contributed by atoms with van der Waals surface area (Å²) >= 11 is 0. The molecule has 0 fully saturated rings. The van der Waals surface area contributed by atoms with E-state index in [1.54, 1.807) is 6.07 Å². The Kier molecular flexibility index (Phi) is 4.85. The molecule has 0 bridgehead atoms. The fourth-order valence-electron chi connectivity index (χ4n) is 1.53. The van der Waals surface area contributed by atoms with Gasteiger partial charge in [-0.15, -0.1) is 12.3 Å². The van der Waals surface area contributed by atoms with Gasteiger partial charge in [-0.1, -0.05) is 13.8 Å². The average Bonchev–Trinajstić information content (AvgIpc) is 2.27. The van der Waals surface area contributed by atoms with Crippen molar-refractivity contribution in [3.8, 4) is 18.1 Å². The highest BCUT2D eigenvalue weighted by Gasteiger charge is 2.12. The van der Waals surface area contributed by atoms with Crippen molar-refractivity contribution in [2.75, 3.05) is 6.61 Å². The molecule has 1 rings (SSSR count). The molecule has 0 N–H and O–H groups in total. The van der Waals surface area contributed by atoms with E-state index in [-0.39, 0.29) is 11.7 Å². The number of ether oxygens (including phenoxy) is 1. The Morgan fingerprint density at radius 2 is 2.25 bits per heavy atom. The van der Waals surface area contributed by atoms with Crippen molar-refractivity contribution in [2.45, 2.75) is 32.6 Å². The lowest BCUT2D eigenvalue weighted by Crippen LogP contribution is -2.02. The zero-order chi connectivity index (χ0) is 12.0. The third kappa shape index (κ3) is 3.27. The van der Waals surface area contributed by atoms with Gasteiger partial charge in [0, 0.05) is 12.0 Å². The highest BCUT2D eigenvalue weighted by Crippen LogP contribution is 2.29. The van der Waals surface area contributed by atoms with Crippen molar-refractivity contribution in [1.82, 2.24) is 0 Å². The minimum absolute atomic E-state index is 0.118. The molecule has 0 aliphatic carbocycles. The van der Waals surface area contributed by atoms with E-state index in [2.05, 4.69) is 5.92 Å². The van der Waals surface area contributed by atoms with Crippen LogP contribution in [-0.4, -0.2) is 6.61 Å². The Labute approximate surface area is 96.6 Å². The first-order valence-electron chi connectivity index (χ1n) is 5.54. The van der Waals surface area contributed by atoms with Crippen molar-refractivity contribution in [1.29, 1.82) is 0 Å². The SMILES string of the molecule is C#CCC(C)c1cc(F)ccc1OCCC. The van der Waals surface area contributed by atoms with E-state index in [0.29, 0.717) is 13.0 Å². The lowest BCUT2D eigenvalue weighted by Gasteiger charge is -2.15. The predicted octanol–water partition coefficient (Wildman–Crippen LogP) is 3.74. The zero-order valence-corrected chi connectivity index (χ0v) is 9.79. The largest absolute Gasteiger partial charge is 0.493 e. The van der Waals surface area contributed by atoms with Crippen molar-refractivity contribution in [2.24, 2.45) is 0 Å². The van der Waals surface area contributed by atoms with E-state index < -0.39 is 0 Å². The van der Waals surface area contributed by atoms with Gasteiger partial charge < -0.3 is 4.74 Å². The second kappa shape index (κ2) is 6.17. The van der Waals surface area contributed by atoms with Crippen molar-refractivity contribution < 1.29 is 9.13 Å². The number of hydrogen-bond donors (Lipinski definition) is 0. The van der Waals surface area contributed by atoms with Gasteiger partial charge >= 0.3 is 0 Å². The molecule has 1 atom stereocenters. The van der Waals surface area contributed by atoms with Crippen LogP contribution in [-0.2, 0) is 0 Å². The van der Waals surface area contributed by atoms with Crippen LogP contribution in [0.25, 0.3) is 0 Å². The molecule has 0 aliphatic heterocycles. The second-order valence-electron chi connectivity index (χ2n) is 3.84. The van der Waals surface area contributed by atoms with Gasteiger partial charge in [-0.3, -0.25) is 0 Å². The zero-order valence-electron chi connectivity index (χ0n) is 9.79. The average molecular weight is 220 g/mol. The standard InChI is InChI=1S/C14H17FO/c1-4-6-11(3)13-10-12(15)7-8-14(13)16-9-5-2/h1,7-8,10-11H,5-6,9H2,2-3H3. The maximum absolute atomic E-state index is 13.2. The van der Waals surface area contributed by atoms with Gasteiger partial charge in [-0.05, 0) is 30.5 Å². The summed E-state index contributed by atoms with van der Waals surface area (Å²) in [4.78, 5) is 0. The molecule has 16 heavy (non-hydrogen) atoms. The summed E-state index contributed by atoms with van der Waals surface area (Å²) in [6, 6.07) is 4.59. The normalized spacial score (nSPS) is 11.9. The fraction of sp³-hybridized carbons (Fsp3) is 0.429. The third-order valence-electron chi connectivity index (χ3n) is 2.39. The highest BCUT2D eigenvalue weighted by molar-refractivity contribution is 5.37. The Balaban J connectivity index is 2.94. The summed E-state index contributed by atoms with van der Waals surface area (Å²) in [5.74, 6) is 3.20. The van der Waals surface area contributed by atoms with Crippen LogP contribution in [0.1, 0.15) is 38.2 Å².